The summed E-state index contributed by atoms with van der Waals surface area (Å²) in [6.07, 6.45) is 0. The van der Waals surface area contributed by atoms with Crippen molar-refractivity contribution in [2.45, 2.75) is 0 Å². The smallest absolute Gasteiger partial charge is 0.338 e. The Hall–Kier alpha value is -2.82. The predicted molar refractivity (Wildman–Crippen MR) is 77.5 cm³/mol. The van der Waals surface area contributed by atoms with Gasteiger partial charge in [-0.2, -0.15) is 0 Å². The Kier molecular flexibility index (Phi) is 3.70. The number of carbonyl (C=O) groups excluding carboxylic acids is 1. The number of esters is 1. The van der Waals surface area contributed by atoms with Crippen molar-refractivity contribution in [2.75, 3.05) is 12.8 Å². The molecule has 5 N–H and O–H groups in total. The van der Waals surface area contributed by atoms with E-state index < -0.39 is 5.97 Å². The Balaban J connectivity index is 2.60. The maximum absolute atomic E-state index is 11.8. The first-order valence-corrected chi connectivity index (χ1v) is 5.87. The predicted octanol–water partition coefficient (Wildman–Crippen LogP) is 1.81. The molecule has 101 valence electrons. The molecule has 0 bridgehead atoms. The van der Waals surface area contributed by atoms with Crippen LogP contribution in [0.25, 0.3) is 11.1 Å². The highest BCUT2D eigenvalue weighted by Gasteiger charge is 2.14. The minimum Gasteiger partial charge on any atom is -0.465 e. The van der Waals surface area contributed by atoms with Gasteiger partial charge >= 0.3 is 5.97 Å². The molecule has 2 aromatic rings. The third-order valence-corrected chi connectivity index (χ3v) is 2.83. The van der Waals surface area contributed by atoms with Gasteiger partial charge in [0.25, 0.3) is 0 Å². The topological polar surface area (TPSA) is 102 Å². The lowest BCUT2D eigenvalue weighted by Gasteiger charge is -2.10. The van der Waals surface area contributed by atoms with Crippen LogP contribution in [0.5, 0.6) is 0 Å². The third kappa shape index (κ3) is 2.61. The number of hydrogen-bond acceptors (Lipinski definition) is 4. The fraction of sp³-hybridized carbons (Fsp3) is 0.0667. The third-order valence-electron chi connectivity index (χ3n) is 2.83. The lowest BCUT2D eigenvalue weighted by atomic mass is 9.97. The number of hydrogen-bond donors (Lipinski definition) is 3. The standard InChI is InChI=1S/C15H14N3O2/c1-20-15(19)13-8-11(16)5-6-12(13)9-3-2-4-10(7-9)14(17)18/h2-5,7-8H,16H2,1H3,(H3,17,18). The Labute approximate surface area is 116 Å². The zero-order valence-corrected chi connectivity index (χ0v) is 10.9. The second kappa shape index (κ2) is 5.44. The van der Waals surface area contributed by atoms with E-state index >= 15 is 0 Å². The van der Waals surface area contributed by atoms with Crippen LogP contribution in [0.1, 0.15) is 15.9 Å². The number of anilines is 1. The van der Waals surface area contributed by atoms with Gasteiger partial charge in [0.2, 0.25) is 0 Å². The molecule has 0 atom stereocenters. The van der Waals surface area contributed by atoms with Gasteiger partial charge in [-0.1, -0.05) is 18.2 Å². The molecule has 0 spiro atoms. The van der Waals surface area contributed by atoms with Gasteiger partial charge in [-0.15, -0.1) is 0 Å². The van der Waals surface area contributed by atoms with Crippen LogP contribution in [0, 0.1) is 11.5 Å². The van der Waals surface area contributed by atoms with Crippen molar-refractivity contribution in [1.29, 1.82) is 5.41 Å². The summed E-state index contributed by atoms with van der Waals surface area (Å²) in [5.41, 5.74) is 13.8. The molecule has 0 aliphatic heterocycles. The highest BCUT2D eigenvalue weighted by Crippen LogP contribution is 2.26. The van der Waals surface area contributed by atoms with Crippen molar-refractivity contribution in [1.82, 2.24) is 0 Å². The number of nitrogens with two attached hydrogens (primary N) is 2. The molecule has 5 heteroatoms. The van der Waals surface area contributed by atoms with Crippen molar-refractivity contribution in [3.63, 3.8) is 0 Å². The van der Waals surface area contributed by atoms with Crippen molar-refractivity contribution in [3.05, 3.63) is 53.6 Å². The fourth-order valence-corrected chi connectivity index (χ4v) is 1.87. The summed E-state index contributed by atoms with van der Waals surface area (Å²) < 4.78 is 4.75. The molecule has 0 aromatic heterocycles. The summed E-state index contributed by atoms with van der Waals surface area (Å²) in [6, 6.07) is 13.1. The van der Waals surface area contributed by atoms with Gasteiger partial charge in [0.1, 0.15) is 5.84 Å². The maximum Gasteiger partial charge on any atom is 0.338 e. The molecule has 20 heavy (non-hydrogen) atoms. The molecule has 0 aliphatic rings. The number of methoxy groups -OCH3 is 1. The van der Waals surface area contributed by atoms with Gasteiger partial charge in [-0.25, -0.2) is 4.79 Å². The van der Waals surface area contributed by atoms with Crippen LogP contribution in [0.4, 0.5) is 5.69 Å². The summed E-state index contributed by atoms with van der Waals surface area (Å²) >= 11 is 0. The lowest BCUT2D eigenvalue weighted by molar-refractivity contribution is 0.0601. The zero-order chi connectivity index (χ0) is 14.7. The van der Waals surface area contributed by atoms with Crippen molar-refractivity contribution < 1.29 is 9.53 Å². The molecule has 0 amide bonds. The zero-order valence-electron chi connectivity index (χ0n) is 10.9. The number of nitrogen functional groups attached to an aromatic ring is 2. The average Bonchev–Trinajstić information content (AvgIpc) is 2.46. The van der Waals surface area contributed by atoms with E-state index in [1.807, 2.05) is 0 Å². The minimum absolute atomic E-state index is 0.0399. The summed E-state index contributed by atoms with van der Waals surface area (Å²) in [7, 11) is 1.31. The molecule has 5 nitrogen and oxygen atoms in total. The van der Waals surface area contributed by atoms with Crippen LogP contribution in [-0.2, 0) is 4.74 Å². The van der Waals surface area contributed by atoms with Gasteiger partial charge in [0.05, 0.1) is 12.7 Å². The molecule has 2 aromatic carbocycles. The summed E-state index contributed by atoms with van der Waals surface area (Å²) in [6.45, 7) is 0. The molecule has 2 rings (SSSR count). The molecule has 0 fully saturated rings. The van der Waals surface area contributed by atoms with Crippen LogP contribution in [0.2, 0.25) is 0 Å². The number of nitrogens with one attached hydrogen (secondary N) is 1. The SMILES string of the molecule is COC(=O)c1cc(N)c[c]c1-c1cccc(C(=N)N)c1. The van der Waals surface area contributed by atoms with E-state index in [0.29, 0.717) is 22.4 Å². The van der Waals surface area contributed by atoms with Crippen LogP contribution in [0.3, 0.4) is 0 Å². The van der Waals surface area contributed by atoms with E-state index in [-0.39, 0.29) is 5.84 Å². The number of benzene rings is 2. The van der Waals surface area contributed by atoms with E-state index in [2.05, 4.69) is 6.07 Å². The van der Waals surface area contributed by atoms with Gasteiger partial charge in [-0.05, 0) is 29.8 Å². The molecular weight excluding hydrogens is 254 g/mol. The highest BCUT2D eigenvalue weighted by atomic mass is 16.5. The van der Waals surface area contributed by atoms with Crippen LogP contribution < -0.4 is 11.5 Å². The molecule has 0 saturated heterocycles. The van der Waals surface area contributed by atoms with E-state index in [9.17, 15) is 4.79 Å². The van der Waals surface area contributed by atoms with Gasteiger partial charge in [-0.3, -0.25) is 5.41 Å². The van der Waals surface area contributed by atoms with Crippen LogP contribution >= 0.6 is 0 Å². The Bertz CT molecular complexity index is 681. The van der Waals surface area contributed by atoms with Gasteiger partial charge in [0, 0.05) is 16.8 Å². The quantitative estimate of drug-likeness (QED) is 0.342. The second-order valence-corrected chi connectivity index (χ2v) is 4.21. The molecule has 0 aliphatic carbocycles. The number of amidine groups is 1. The minimum atomic E-state index is -0.489. The van der Waals surface area contributed by atoms with Crippen LogP contribution in [-0.4, -0.2) is 18.9 Å². The van der Waals surface area contributed by atoms with Gasteiger partial charge < -0.3 is 16.2 Å². The monoisotopic (exact) mass is 268 g/mol. The van der Waals surface area contributed by atoms with E-state index in [0.717, 1.165) is 5.56 Å². The Morgan fingerprint density at radius 2 is 2.10 bits per heavy atom. The van der Waals surface area contributed by atoms with Crippen molar-refractivity contribution in [3.8, 4) is 11.1 Å². The molecule has 0 heterocycles. The molecule has 0 unspecified atom stereocenters. The largest absolute Gasteiger partial charge is 0.465 e. The number of rotatable bonds is 3. The molecule has 1 radical (unpaired) electrons. The first-order valence-electron chi connectivity index (χ1n) is 5.87. The first kappa shape index (κ1) is 13.6. The first-order chi connectivity index (χ1) is 9.52. The maximum atomic E-state index is 11.8. The Morgan fingerprint density at radius 1 is 1.35 bits per heavy atom. The lowest BCUT2D eigenvalue weighted by Crippen LogP contribution is -2.11. The molecular formula is C15H14N3O2. The summed E-state index contributed by atoms with van der Waals surface area (Å²) in [5.74, 6) is -0.529. The normalized spacial score (nSPS) is 10.1. The van der Waals surface area contributed by atoms with Crippen molar-refractivity contribution >= 4 is 17.5 Å². The summed E-state index contributed by atoms with van der Waals surface area (Å²) in [5, 5.41) is 7.46. The van der Waals surface area contributed by atoms with Crippen molar-refractivity contribution in [2.24, 2.45) is 5.73 Å². The summed E-state index contributed by atoms with van der Waals surface area (Å²) in [4.78, 5) is 11.8. The van der Waals surface area contributed by atoms with E-state index in [1.54, 1.807) is 30.3 Å². The van der Waals surface area contributed by atoms with E-state index in [4.69, 9.17) is 21.6 Å². The average molecular weight is 268 g/mol. The molecule has 0 saturated carbocycles. The fourth-order valence-electron chi connectivity index (χ4n) is 1.87. The van der Waals surface area contributed by atoms with Gasteiger partial charge in [0.15, 0.2) is 0 Å². The second-order valence-electron chi connectivity index (χ2n) is 4.21. The highest BCUT2D eigenvalue weighted by molar-refractivity contribution is 6.00. The Morgan fingerprint density at radius 3 is 2.75 bits per heavy atom. The number of ether oxygens (including phenoxy) is 1. The van der Waals surface area contributed by atoms with Crippen LogP contribution in [0.15, 0.2) is 36.4 Å². The van der Waals surface area contributed by atoms with E-state index in [1.165, 1.54) is 13.2 Å². The number of carbonyl (C=O) groups is 1.